The molecule has 1 heterocycles. The Hall–Kier alpha value is -4.82. The van der Waals surface area contributed by atoms with Crippen LogP contribution >= 0.6 is 12.6 Å². The molecule has 0 fully saturated rings. The molecule has 304 valence electrons. The minimum Gasteiger partial charge on any atom is -0.497 e. The van der Waals surface area contributed by atoms with Crippen molar-refractivity contribution in [2.45, 2.75) is 85.2 Å². The van der Waals surface area contributed by atoms with E-state index in [0.29, 0.717) is 18.5 Å². The average Bonchev–Trinajstić information content (AvgIpc) is 3.16. The number of hydrogen-bond donors (Lipinski definition) is 6. The lowest BCUT2D eigenvalue weighted by Gasteiger charge is -2.31. The van der Waals surface area contributed by atoms with Gasteiger partial charge in [0, 0.05) is 42.8 Å². The molecule has 2 aromatic carbocycles. The van der Waals surface area contributed by atoms with Crippen LogP contribution in [-0.4, -0.2) is 107 Å². The predicted molar refractivity (Wildman–Crippen MR) is 225 cm³/mol. The maximum atomic E-state index is 12.8. The maximum absolute atomic E-state index is 12.8. The van der Waals surface area contributed by atoms with Gasteiger partial charge in [-0.1, -0.05) is 78.0 Å². The van der Waals surface area contributed by atoms with Gasteiger partial charge in [-0.05, 0) is 57.0 Å². The second kappa shape index (κ2) is 25.3. The summed E-state index contributed by atoms with van der Waals surface area (Å²) in [6.45, 7) is 22.2. The van der Waals surface area contributed by atoms with E-state index in [1.807, 2.05) is 50.2 Å². The zero-order chi connectivity index (χ0) is 41.7. The fraction of sp³-hybridized carbons (Fsp3) is 0.488. The van der Waals surface area contributed by atoms with Gasteiger partial charge >= 0.3 is 12.0 Å². The summed E-state index contributed by atoms with van der Waals surface area (Å²) in [7, 11) is 1.61. The average molecular weight is 783 g/mol. The van der Waals surface area contributed by atoms with Gasteiger partial charge in [0.25, 0.3) is 0 Å². The molecule has 0 aliphatic carbocycles. The molecule has 13 nitrogen and oxygen atoms in total. The summed E-state index contributed by atoms with van der Waals surface area (Å²) >= 11 is 4.12. The van der Waals surface area contributed by atoms with Crippen molar-refractivity contribution >= 4 is 47.3 Å². The van der Waals surface area contributed by atoms with Gasteiger partial charge in [0.15, 0.2) is 5.43 Å². The number of amides is 4. The number of H-pyrrole nitrogens is 1. The molecule has 0 spiro atoms. The van der Waals surface area contributed by atoms with Crippen LogP contribution in [0.5, 0.6) is 5.75 Å². The smallest absolute Gasteiger partial charge is 0.327 e. The van der Waals surface area contributed by atoms with Gasteiger partial charge in [-0.3, -0.25) is 14.4 Å². The fourth-order valence-corrected chi connectivity index (χ4v) is 5.43. The van der Waals surface area contributed by atoms with Gasteiger partial charge in [0.05, 0.1) is 17.9 Å². The molecule has 0 aliphatic rings. The minimum atomic E-state index is -1.28. The third-order valence-corrected chi connectivity index (χ3v) is 8.80. The molecule has 0 saturated heterocycles. The minimum absolute atomic E-state index is 0.00950. The Morgan fingerprint density at radius 3 is 2.05 bits per heavy atom. The number of carbonyl (C=O) groups is 4. The van der Waals surface area contributed by atoms with Gasteiger partial charge in [-0.25, -0.2) is 9.59 Å². The van der Waals surface area contributed by atoms with Crippen LogP contribution in [0.4, 0.5) is 4.79 Å². The highest BCUT2D eigenvalue weighted by Crippen LogP contribution is 2.21. The van der Waals surface area contributed by atoms with Crippen molar-refractivity contribution in [2.75, 3.05) is 39.8 Å². The third kappa shape index (κ3) is 16.2. The predicted octanol–water partition coefficient (Wildman–Crippen LogP) is 5.56. The van der Waals surface area contributed by atoms with Gasteiger partial charge in [-0.2, -0.15) is 12.6 Å². The van der Waals surface area contributed by atoms with E-state index in [2.05, 4.69) is 65.8 Å². The molecule has 5 N–H and O–H groups in total. The summed E-state index contributed by atoms with van der Waals surface area (Å²) in [4.78, 5) is 68.1. The van der Waals surface area contributed by atoms with Crippen LogP contribution in [0, 0.1) is 5.92 Å². The first-order valence-corrected chi connectivity index (χ1v) is 19.3. The Morgan fingerprint density at radius 2 is 1.55 bits per heavy atom. The molecule has 0 bridgehead atoms. The topological polar surface area (TPSA) is 173 Å². The monoisotopic (exact) mass is 782 g/mol. The number of rotatable bonds is 17. The number of aromatic amines is 1. The maximum Gasteiger partial charge on any atom is 0.327 e. The highest BCUT2D eigenvalue weighted by molar-refractivity contribution is 7.81. The SMILES string of the molecule is C=CC(S)C(NC(=O)C(CC)N(CC)C(=O)NC(C)C(=O)NCCN(CC)CC)C(=O)O.CC(C)C.COc1ccc2c(=O)cc(-c3ccccc3)[nH]c2c1. The Labute approximate surface area is 331 Å². The number of pyridine rings is 1. The molecule has 4 atom stereocenters. The Morgan fingerprint density at radius 1 is 0.927 bits per heavy atom. The highest BCUT2D eigenvalue weighted by Gasteiger charge is 2.33. The molecular weight excluding hydrogens is 721 g/mol. The second-order valence-electron chi connectivity index (χ2n) is 13.3. The lowest BCUT2D eigenvalue weighted by atomic mass is 10.1. The standard InChI is InChI=1S/C21H39N5O5S.C16H13NO2.C4H10/c1-7-15(19(28)24-17(20(29)30)16(32)8-2)26(11-5)21(31)23-14(6)18(27)22-12-13-25(9-3)10-4;1-19-12-7-8-13-15(9-12)17-14(10-16(13)18)11-5-3-2-4-6-11;1-4(2)3/h8,14-17,32H,2,7,9-13H2,1,3-6H3,(H,22,27)(H,23,31)(H,24,28)(H,29,30);2-10H,1H3,(H,17,18);4H,1-3H3. The van der Waals surface area contributed by atoms with Crippen LogP contribution in [0.2, 0.25) is 0 Å². The molecule has 4 unspecified atom stereocenters. The lowest BCUT2D eigenvalue weighted by Crippen LogP contribution is -2.58. The first-order valence-electron chi connectivity index (χ1n) is 18.8. The van der Waals surface area contributed by atoms with Crippen molar-refractivity contribution in [3.8, 4) is 17.0 Å². The molecule has 3 rings (SSSR count). The number of aliphatic carboxylic acids is 1. The number of hydrogen-bond acceptors (Lipinski definition) is 8. The first kappa shape index (κ1) is 48.2. The molecule has 1 aromatic heterocycles. The van der Waals surface area contributed by atoms with E-state index in [-0.39, 0.29) is 24.3 Å². The van der Waals surface area contributed by atoms with E-state index < -0.39 is 41.3 Å². The molecule has 3 aromatic rings. The van der Waals surface area contributed by atoms with E-state index in [4.69, 9.17) is 4.74 Å². The number of carbonyl (C=O) groups excluding carboxylic acids is 3. The molecule has 0 aliphatic heterocycles. The van der Waals surface area contributed by atoms with Gasteiger partial charge in [0.1, 0.15) is 23.9 Å². The van der Waals surface area contributed by atoms with Crippen LogP contribution in [0.15, 0.2) is 72.0 Å². The van der Waals surface area contributed by atoms with E-state index in [0.717, 1.165) is 41.5 Å². The van der Waals surface area contributed by atoms with E-state index in [9.17, 15) is 29.1 Å². The number of urea groups is 1. The number of benzene rings is 2. The second-order valence-corrected chi connectivity index (χ2v) is 13.9. The lowest BCUT2D eigenvalue weighted by molar-refractivity contribution is -0.142. The summed E-state index contributed by atoms with van der Waals surface area (Å²) in [5.41, 5.74) is 2.59. The molecule has 4 amide bonds. The number of nitrogens with one attached hydrogen (secondary N) is 4. The number of carboxylic acid groups (broad SMARTS) is 1. The summed E-state index contributed by atoms with van der Waals surface area (Å²) in [6, 6.07) is 13.2. The summed E-state index contributed by atoms with van der Waals surface area (Å²) in [5.74, 6) is -0.632. The zero-order valence-corrected chi connectivity index (χ0v) is 34.7. The number of thiol groups is 1. The van der Waals surface area contributed by atoms with Gasteiger partial charge in [0.2, 0.25) is 11.8 Å². The summed E-state index contributed by atoms with van der Waals surface area (Å²) in [6.07, 6.45) is 1.57. The Balaban J connectivity index is 0.000000547. The summed E-state index contributed by atoms with van der Waals surface area (Å²) < 4.78 is 5.19. The van der Waals surface area contributed by atoms with Crippen LogP contribution in [0.1, 0.15) is 61.8 Å². The van der Waals surface area contributed by atoms with Gasteiger partial charge < -0.3 is 40.6 Å². The molecule has 55 heavy (non-hydrogen) atoms. The van der Waals surface area contributed by atoms with Crippen molar-refractivity contribution in [3.63, 3.8) is 0 Å². The largest absolute Gasteiger partial charge is 0.497 e. The quantitative estimate of drug-likeness (QED) is 0.0763. The van der Waals surface area contributed by atoms with Crippen molar-refractivity contribution < 1.29 is 29.0 Å². The number of ether oxygens (including phenoxy) is 1. The van der Waals surface area contributed by atoms with Crippen molar-refractivity contribution in [3.05, 3.63) is 77.5 Å². The van der Waals surface area contributed by atoms with Gasteiger partial charge in [-0.15, -0.1) is 6.58 Å². The molecule has 14 heteroatoms. The molecule has 0 saturated carbocycles. The van der Waals surface area contributed by atoms with Crippen molar-refractivity contribution in [2.24, 2.45) is 5.92 Å². The van der Waals surface area contributed by atoms with E-state index in [1.54, 1.807) is 46.1 Å². The number of nitrogens with zero attached hydrogens (tertiary/aromatic N) is 2. The fourth-order valence-electron chi connectivity index (χ4n) is 5.23. The van der Waals surface area contributed by atoms with E-state index >= 15 is 0 Å². The number of methoxy groups -OCH3 is 1. The number of likely N-dealkylation sites (N-methyl/N-ethyl adjacent to an activating group) is 2. The number of carboxylic acids is 1. The first-order chi connectivity index (χ1) is 26.1. The third-order valence-electron chi connectivity index (χ3n) is 8.29. The Kier molecular flexibility index (Phi) is 22.2. The Bertz CT molecular complexity index is 1710. The van der Waals surface area contributed by atoms with Crippen LogP contribution in [0.3, 0.4) is 0 Å². The van der Waals surface area contributed by atoms with Crippen LogP contribution in [0.25, 0.3) is 22.2 Å². The number of aromatic nitrogens is 1. The zero-order valence-electron chi connectivity index (χ0n) is 33.8. The molecular formula is C41H62N6O7S. The van der Waals surface area contributed by atoms with Crippen LogP contribution in [-0.2, 0) is 14.4 Å². The normalized spacial score (nSPS) is 12.8. The van der Waals surface area contributed by atoms with Crippen molar-refractivity contribution in [1.29, 1.82) is 0 Å². The van der Waals surface area contributed by atoms with E-state index in [1.165, 1.54) is 11.0 Å². The number of fused-ring (bicyclic) bond motifs is 1. The van der Waals surface area contributed by atoms with Crippen LogP contribution < -0.4 is 26.1 Å². The summed E-state index contributed by atoms with van der Waals surface area (Å²) in [5, 5.41) is 17.0. The van der Waals surface area contributed by atoms with Crippen molar-refractivity contribution in [1.82, 2.24) is 30.7 Å². The molecule has 0 radical (unpaired) electrons. The highest BCUT2D eigenvalue weighted by atomic mass is 32.1.